The standard InChI is InChI=1S/C15H19NO2S/c1-12(2)10-11-19(17,18)16-15-9-5-7-13-6-3-4-8-14(13)15/h3-9,12,16H,10-11H2,1-2H3. The highest BCUT2D eigenvalue weighted by atomic mass is 32.2. The van der Waals surface area contributed by atoms with Crippen molar-refractivity contribution in [3.8, 4) is 0 Å². The van der Waals surface area contributed by atoms with Crippen molar-refractivity contribution < 1.29 is 8.42 Å². The highest BCUT2D eigenvalue weighted by Gasteiger charge is 2.12. The van der Waals surface area contributed by atoms with Crippen LogP contribution in [0, 0.1) is 5.92 Å². The molecule has 19 heavy (non-hydrogen) atoms. The van der Waals surface area contributed by atoms with Gasteiger partial charge in [-0.25, -0.2) is 8.42 Å². The van der Waals surface area contributed by atoms with Crippen LogP contribution in [0.15, 0.2) is 42.5 Å². The van der Waals surface area contributed by atoms with Crippen LogP contribution in [0.25, 0.3) is 10.8 Å². The minimum atomic E-state index is -3.27. The molecular formula is C15H19NO2S. The monoisotopic (exact) mass is 277 g/mol. The number of nitrogens with one attached hydrogen (secondary N) is 1. The van der Waals surface area contributed by atoms with Crippen molar-refractivity contribution in [2.24, 2.45) is 5.92 Å². The summed E-state index contributed by atoms with van der Waals surface area (Å²) in [5, 5.41) is 1.96. The molecule has 0 bridgehead atoms. The van der Waals surface area contributed by atoms with Crippen LogP contribution in [0.2, 0.25) is 0 Å². The van der Waals surface area contributed by atoms with Crippen molar-refractivity contribution in [2.45, 2.75) is 20.3 Å². The van der Waals surface area contributed by atoms with E-state index in [1.54, 1.807) is 6.07 Å². The van der Waals surface area contributed by atoms with Crippen LogP contribution in [0.3, 0.4) is 0 Å². The minimum Gasteiger partial charge on any atom is -0.283 e. The fraction of sp³-hybridized carbons (Fsp3) is 0.333. The van der Waals surface area contributed by atoms with E-state index in [1.807, 2.05) is 50.2 Å². The SMILES string of the molecule is CC(C)CCS(=O)(=O)Nc1cccc2ccccc12. The molecule has 0 amide bonds. The second-order valence-electron chi connectivity index (χ2n) is 5.13. The first-order valence-corrected chi connectivity index (χ1v) is 8.11. The zero-order valence-electron chi connectivity index (χ0n) is 11.3. The zero-order valence-corrected chi connectivity index (χ0v) is 12.1. The number of hydrogen-bond donors (Lipinski definition) is 1. The summed E-state index contributed by atoms with van der Waals surface area (Å²) in [7, 11) is -3.27. The molecule has 0 fully saturated rings. The molecule has 0 spiro atoms. The van der Waals surface area contributed by atoms with Crippen LogP contribution in [0.4, 0.5) is 5.69 Å². The summed E-state index contributed by atoms with van der Waals surface area (Å²) >= 11 is 0. The van der Waals surface area contributed by atoms with Gasteiger partial charge in [-0.2, -0.15) is 0 Å². The average Bonchev–Trinajstić information content (AvgIpc) is 2.37. The van der Waals surface area contributed by atoms with Crippen molar-refractivity contribution in [1.29, 1.82) is 0 Å². The Morgan fingerprint density at radius 3 is 2.47 bits per heavy atom. The molecule has 2 aromatic rings. The molecule has 0 unspecified atom stereocenters. The lowest BCUT2D eigenvalue weighted by Crippen LogP contribution is -2.18. The number of rotatable bonds is 5. The first-order valence-electron chi connectivity index (χ1n) is 6.46. The van der Waals surface area contributed by atoms with Crippen LogP contribution < -0.4 is 4.72 Å². The Kier molecular flexibility index (Phi) is 4.10. The van der Waals surface area contributed by atoms with E-state index in [-0.39, 0.29) is 5.75 Å². The molecule has 0 aliphatic heterocycles. The van der Waals surface area contributed by atoms with E-state index in [1.165, 1.54) is 0 Å². The van der Waals surface area contributed by atoms with Gasteiger partial charge in [0.15, 0.2) is 0 Å². The lowest BCUT2D eigenvalue weighted by atomic mass is 10.1. The van der Waals surface area contributed by atoms with Gasteiger partial charge in [0.25, 0.3) is 0 Å². The van der Waals surface area contributed by atoms with Gasteiger partial charge in [0.05, 0.1) is 11.4 Å². The van der Waals surface area contributed by atoms with E-state index in [4.69, 9.17) is 0 Å². The van der Waals surface area contributed by atoms with Gasteiger partial charge in [-0.1, -0.05) is 50.2 Å². The summed E-state index contributed by atoms with van der Waals surface area (Å²) in [6.45, 7) is 4.04. The first-order chi connectivity index (χ1) is 8.98. The molecule has 0 aromatic heterocycles. The smallest absolute Gasteiger partial charge is 0.232 e. The van der Waals surface area contributed by atoms with E-state index in [0.29, 0.717) is 18.0 Å². The van der Waals surface area contributed by atoms with Crippen LogP contribution in [-0.4, -0.2) is 14.2 Å². The lowest BCUT2D eigenvalue weighted by molar-refractivity contribution is 0.578. The van der Waals surface area contributed by atoms with Gasteiger partial charge in [-0.15, -0.1) is 0 Å². The topological polar surface area (TPSA) is 46.2 Å². The van der Waals surface area contributed by atoms with Gasteiger partial charge in [0, 0.05) is 5.39 Å². The van der Waals surface area contributed by atoms with E-state index in [0.717, 1.165) is 10.8 Å². The van der Waals surface area contributed by atoms with Crippen LogP contribution >= 0.6 is 0 Å². The first kappa shape index (κ1) is 13.9. The Bertz CT molecular complexity index is 657. The molecule has 4 heteroatoms. The number of benzene rings is 2. The molecule has 0 atom stereocenters. The second kappa shape index (κ2) is 5.61. The Morgan fingerprint density at radius 1 is 1.05 bits per heavy atom. The third-order valence-corrected chi connectivity index (χ3v) is 4.32. The molecule has 3 nitrogen and oxygen atoms in total. The summed E-state index contributed by atoms with van der Waals surface area (Å²) in [5.74, 6) is 0.539. The molecule has 0 saturated heterocycles. The molecule has 0 aliphatic carbocycles. The molecule has 0 radical (unpaired) electrons. The fourth-order valence-electron chi connectivity index (χ4n) is 1.92. The van der Waals surface area contributed by atoms with E-state index in [9.17, 15) is 8.42 Å². The number of anilines is 1. The molecule has 0 heterocycles. The maximum Gasteiger partial charge on any atom is 0.232 e. The zero-order chi connectivity index (χ0) is 13.9. The molecule has 0 aliphatic rings. The molecule has 0 saturated carbocycles. The average molecular weight is 277 g/mol. The Hall–Kier alpha value is -1.55. The van der Waals surface area contributed by atoms with E-state index in [2.05, 4.69) is 4.72 Å². The normalized spacial score (nSPS) is 11.9. The van der Waals surface area contributed by atoms with Gasteiger partial charge in [-0.05, 0) is 23.8 Å². The van der Waals surface area contributed by atoms with Crippen molar-refractivity contribution >= 4 is 26.5 Å². The molecule has 1 N–H and O–H groups in total. The predicted molar refractivity (Wildman–Crippen MR) is 80.8 cm³/mol. The fourth-order valence-corrected chi connectivity index (χ4v) is 3.32. The van der Waals surface area contributed by atoms with E-state index >= 15 is 0 Å². The lowest BCUT2D eigenvalue weighted by Gasteiger charge is -2.11. The van der Waals surface area contributed by atoms with Gasteiger partial charge in [-0.3, -0.25) is 4.72 Å². The second-order valence-corrected chi connectivity index (χ2v) is 6.97. The molecular weight excluding hydrogens is 258 g/mol. The summed E-state index contributed by atoms with van der Waals surface area (Å²) in [4.78, 5) is 0. The molecule has 102 valence electrons. The highest BCUT2D eigenvalue weighted by molar-refractivity contribution is 7.92. The summed E-state index contributed by atoms with van der Waals surface area (Å²) in [6, 6.07) is 13.4. The Balaban J connectivity index is 2.26. The van der Waals surface area contributed by atoms with Crippen LogP contribution in [-0.2, 0) is 10.0 Å². The summed E-state index contributed by atoms with van der Waals surface area (Å²) < 4.78 is 26.8. The summed E-state index contributed by atoms with van der Waals surface area (Å²) in [5.41, 5.74) is 0.654. The Morgan fingerprint density at radius 2 is 1.74 bits per heavy atom. The van der Waals surface area contributed by atoms with Gasteiger partial charge in [0.1, 0.15) is 0 Å². The van der Waals surface area contributed by atoms with Gasteiger partial charge < -0.3 is 0 Å². The van der Waals surface area contributed by atoms with Crippen LogP contribution in [0.1, 0.15) is 20.3 Å². The van der Waals surface area contributed by atoms with Crippen molar-refractivity contribution in [3.63, 3.8) is 0 Å². The molecule has 2 rings (SSSR count). The predicted octanol–water partition coefficient (Wildman–Crippen LogP) is 3.63. The number of sulfonamides is 1. The van der Waals surface area contributed by atoms with Gasteiger partial charge in [0.2, 0.25) is 10.0 Å². The van der Waals surface area contributed by atoms with Crippen molar-refractivity contribution in [2.75, 3.05) is 10.5 Å². The number of fused-ring (bicyclic) bond motifs is 1. The number of hydrogen-bond acceptors (Lipinski definition) is 2. The van der Waals surface area contributed by atoms with Crippen LogP contribution in [0.5, 0.6) is 0 Å². The van der Waals surface area contributed by atoms with Crippen molar-refractivity contribution in [1.82, 2.24) is 0 Å². The maximum absolute atomic E-state index is 12.0. The quantitative estimate of drug-likeness (QED) is 0.907. The highest BCUT2D eigenvalue weighted by Crippen LogP contribution is 2.24. The summed E-state index contributed by atoms with van der Waals surface area (Å²) in [6.07, 6.45) is 0.667. The largest absolute Gasteiger partial charge is 0.283 e. The maximum atomic E-state index is 12.0. The Labute approximate surface area is 114 Å². The third kappa shape index (κ3) is 3.70. The van der Waals surface area contributed by atoms with Gasteiger partial charge >= 0.3 is 0 Å². The van der Waals surface area contributed by atoms with E-state index < -0.39 is 10.0 Å². The minimum absolute atomic E-state index is 0.161. The molecule has 2 aromatic carbocycles. The van der Waals surface area contributed by atoms with Crippen molar-refractivity contribution in [3.05, 3.63) is 42.5 Å². The third-order valence-electron chi connectivity index (χ3n) is 3.02.